The number of rotatable bonds is 3. The molecule has 0 fully saturated rings. The van der Waals surface area contributed by atoms with Crippen LogP contribution in [-0.2, 0) is 0 Å². The van der Waals surface area contributed by atoms with Gasteiger partial charge in [0.15, 0.2) is 0 Å². The summed E-state index contributed by atoms with van der Waals surface area (Å²) in [6.45, 7) is 0. The maximum atomic E-state index is 4.72. The third-order valence-corrected chi connectivity index (χ3v) is 8.23. The Morgan fingerprint density at radius 1 is 0.381 bits per heavy atom. The number of aromatic nitrogens is 2. The maximum absolute atomic E-state index is 4.72. The number of benzene rings is 4. The van der Waals surface area contributed by atoms with E-state index < -0.39 is 0 Å². The minimum absolute atomic E-state index is 1.00. The highest BCUT2D eigenvalue weighted by Gasteiger charge is 2.29. The SMILES string of the molecule is CN1c2ccccc2N(c2cncc(-c3cncc(N4c5ccccc5N(C)c5ccccc54)c3)c2)c2ccccc21. The third kappa shape index (κ3) is 3.65. The number of fused-ring (bicyclic) bond motifs is 4. The number of para-hydroxylation sites is 8. The molecule has 0 amide bonds. The molecule has 2 aliphatic rings. The van der Waals surface area contributed by atoms with Crippen molar-refractivity contribution >= 4 is 56.9 Å². The molecule has 0 radical (unpaired) electrons. The van der Waals surface area contributed by atoms with Gasteiger partial charge < -0.3 is 19.6 Å². The molecule has 42 heavy (non-hydrogen) atoms. The van der Waals surface area contributed by atoms with E-state index in [1.54, 1.807) is 0 Å². The highest BCUT2D eigenvalue weighted by Crippen LogP contribution is 2.52. The molecule has 6 heteroatoms. The van der Waals surface area contributed by atoms with E-state index in [9.17, 15) is 0 Å². The molecular weight excluding hydrogens is 516 g/mol. The van der Waals surface area contributed by atoms with E-state index >= 15 is 0 Å². The Morgan fingerprint density at radius 2 is 0.667 bits per heavy atom. The van der Waals surface area contributed by atoms with Gasteiger partial charge in [-0.25, -0.2) is 0 Å². The van der Waals surface area contributed by atoms with Crippen molar-refractivity contribution in [1.82, 2.24) is 9.97 Å². The van der Waals surface area contributed by atoms with E-state index in [-0.39, 0.29) is 0 Å². The van der Waals surface area contributed by atoms with E-state index in [0.29, 0.717) is 0 Å². The maximum Gasteiger partial charge on any atom is 0.0700 e. The average Bonchev–Trinajstić information content (AvgIpc) is 3.05. The third-order valence-electron chi connectivity index (χ3n) is 8.23. The highest BCUT2D eigenvalue weighted by atomic mass is 15.3. The molecule has 2 aliphatic heterocycles. The zero-order valence-electron chi connectivity index (χ0n) is 23.4. The van der Waals surface area contributed by atoms with Crippen LogP contribution < -0.4 is 19.6 Å². The van der Waals surface area contributed by atoms with Gasteiger partial charge in [0.2, 0.25) is 0 Å². The van der Waals surface area contributed by atoms with E-state index in [0.717, 1.165) is 68.0 Å². The molecule has 2 aromatic heterocycles. The lowest BCUT2D eigenvalue weighted by molar-refractivity contribution is 1.12. The Bertz CT molecular complexity index is 1730. The molecule has 0 aliphatic carbocycles. The van der Waals surface area contributed by atoms with Gasteiger partial charge in [-0.2, -0.15) is 0 Å². The second kappa shape index (κ2) is 9.49. The molecule has 0 N–H and O–H groups in total. The minimum Gasteiger partial charge on any atom is -0.341 e. The average molecular weight is 545 g/mol. The Balaban J connectivity index is 1.24. The highest BCUT2D eigenvalue weighted by molar-refractivity contribution is 5.99. The zero-order valence-corrected chi connectivity index (χ0v) is 23.4. The van der Waals surface area contributed by atoms with Crippen LogP contribution in [0.25, 0.3) is 11.1 Å². The van der Waals surface area contributed by atoms with Gasteiger partial charge in [-0.15, -0.1) is 0 Å². The monoisotopic (exact) mass is 544 g/mol. The predicted molar refractivity (Wildman–Crippen MR) is 173 cm³/mol. The topological polar surface area (TPSA) is 38.7 Å². The molecule has 0 saturated heterocycles. The van der Waals surface area contributed by atoms with Crippen LogP contribution in [0.4, 0.5) is 56.9 Å². The van der Waals surface area contributed by atoms with Crippen LogP contribution >= 0.6 is 0 Å². The van der Waals surface area contributed by atoms with Crippen LogP contribution in [0.1, 0.15) is 0 Å². The van der Waals surface area contributed by atoms with E-state index in [1.807, 2.05) is 24.8 Å². The van der Waals surface area contributed by atoms with Crippen LogP contribution in [0.2, 0.25) is 0 Å². The summed E-state index contributed by atoms with van der Waals surface area (Å²) < 4.78 is 0. The standard InChI is InChI=1S/C36H28N6/c1-39-29-11-3-7-15-33(29)41(34-16-8-4-12-30(34)39)27-19-25(21-37-23-27)26-20-28(24-38-22-26)42-35-17-9-5-13-31(35)40(2)32-14-6-10-18-36(32)42/h3-24H,1-2H3. The molecular formula is C36H28N6. The Labute approximate surface area is 245 Å². The van der Waals surface area contributed by atoms with Gasteiger partial charge in [0.25, 0.3) is 0 Å². The lowest BCUT2D eigenvalue weighted by Crippen LogP contribution is -2.24. The lowest BCUT2D eigenvalue weighted by atomic mass is 10.0. The summed E-state index contributed by atoms with van der Waals surface area (Å²) in [6, 6.07) is 38.4. The number of nitrogens with zero attached hydrogens (tertiary/aromatic N) is 6. The fraction of sp³-hybridized carbons (Fsp3) is 0.0556. The number of pyridine rings is 2. The van der Waals surface area contributed by atoms with Crippen LogP contribution in [0.5, 0.6) is 0 Å². The van der Waals surface area contributed by atoms with Crippen LogP contribution in [-0.4, -0.2) is 24.1 Å². The Morgan fingerprint density at radius 3 is 0.976 bits per heavy atom. The van der Waals surface area contributed by atoms with Crippen LogP contribution in [0.3, 0.4) is 0 Å². The van der Waals surface area contributed by atoms with Gasteiger partial charge in [0, 0.05) is 37.6 Å². The fourth-order valence-electron chi connectivity index (χ4n) is 6.24. The van der Waals surface area contributed by atoms with Gasteiger partial charge in [-0.3, -0.25) is 9.97 Å². The van der Waals surface area contributed by atoms with Gasteiger partial charge >= 0.3 is 0 Å². The molecule has 202 valence electrons. The number of anilines is 10. The summed E-state index contributed by atoms with van der Waals surface area (Å²) >= 11 is 0. The van der Waals surface area contributed by atoms with Gasteiger partial charge in [0.1, 0.15) is 0 Å². The Kier molecular flexibility index (Phi) is 5.47. The lowest BCUT2D eigenvalue weighted by Gasteiger charge is -2.38. The van der Waals surface area contributed by atoms with Gasteiger partial charge in [-0.1, -0.05) is 48.5 Å². The van der Waals surface area contributed by atoms with Crippen LogP contribution in [0.15, 0.2) is 134 Å². The smallest absolute Gasteiger partial charge is 0.0700 e. The summed E-state index contributed by atoms with van der Waals surface area (Å²) in [5.74, 6) is 0. The summed E-state index contributed by atoms with van der Waals surface area (Å²) in [5, 5.41) is 0. The van der Waals surface area contributed by atoms with Crippen molar-refractivity contribution in [3.8, 4) is 11.1 Å². The molecule has 0 bridgehead atoms. The second-order valence-corrected chi connectivity index (χ2v) is 10.6. The van der Waals surface area contributed by atoms with E-state index in [1.165, 1.54) is 0 Å². The molecule has 0 saturated carbocycles. The molecule has 0 spiro atoms. The van der Waals surface area contributed by atoms with Crippen molar-refractivity contribution in [2.45, 2.75) is 0 Å². The zero-order chi connectivity index (χ0) is 28.2. The van der Waals surface area contributed by atoms with Gasteiger partial charge in [-0.05, 0) is 60.7 Å². The summed E-state index contributed by atoms with van der Waals surface area (Å²) in [5.41, 5.74) is 13.1. The molecule has 4 aromatic carbocycles. The number of hydrogen-bond acceptors (Lipinski definition) is 6. The molecule has 6 nitrogen and oxygen atoms in total. The normalized spacial score (nSPS) is 13.3. The first-order valence-electron chi connectivity index (χ1n) is 14.0. The van der Waals surface area contributed by atoms with Crippen molar-refractivity contribution in [2.75, 3.05) is 33.7 Å². The van der Waals surface area contributed by atoms with Crippen molar-refractivity contribution in [1.29, 1.82) is 0 Å². The summed E-state index contributed by atoms with van der Waals surface area (Å²) in [4.78, 5) is 18.5. The first-order valence-corrected chi connectivity index (χ1v) is 14.0. The van der Waals surface area contributed by atoms with Crippen molar-refractivity contribution in [2.24, 2.45) is 0 Å². The van der Waals surface area contributed by atoms with Gasteiger partial charge in [0.05, 0.1) is 69.3 Å². The summed E-state index contributed by atoms with van der Waals surface area (Å²) in [6.07, 6.45) is 7.72. The fourth-order valence-corrected chi connectivity index (χ4v) is 6.24. The first kappa shape index (κ1) is 24.2. The predicted octanol–water partition coefficient (Wildman–Crippen LogP) is 9.25. The Hall–Kier alpha value is -5.62. The van der Waals surface area contributed by atoms with Crippen molar-refractivity contribution in [3.05, 3.63) is 134 Å². The molecule has 8 rings (SSSR count). The summed E-state index contributed by atoms with van der Waals surface area (Å²) in [7, 11) is 4.24. The van der Waals surface area contributed by atoms with Crippen LogP contribution in [0, 0.1) is 0 Å². The van der Waals surface area contributed by atoms with E-state index in [2.05, 4.69) is 143 Å². The second-order valence-electron chi connectivity index (χ2n) is 10.6. The van der Waals surface area contributed by atoms with Crippen molar-refractivity contribution < 1.29 is 0 Å². The largest absolute Gasteiger partial charge is 0.341 e. The molecule has 6 aromatic rings. The van der Waals surface area contributed by atoms with Crippen molar-refractivity contribution in [3.63, 3.8) is 0 Å². The molecule has 0 atom stereocenters. The van der Waals surface area contributed by atoms with E-state index in [4.69, 9.17) is 9.97 Å². The number of hydrogen-bond donors (Lipinski definition) is 0. The molecule has 4 heterocycles. The molecule has 0 unspecified atom stereocenters. The minimum atomic E-state index is 1.00. The quantitative estimate of drug-likeness (QED) is 0.221. The first-order chi connectivity index (χ1) is 20.7.